The van der Waals surface area contributed by atoms with Crippen molar-refractivity contribution in [3.8, 4) is 0 Å². The average molecular weight is 345 g/mol. The summed E-state index contributed by atoms with van der Waals surface area (Å²) in [4.78, 5) is 9.20. The van der Waals surface area contributed by atoms with Gasteiger partial charge in [-0.15, -0.1) is 0 Å². The average Bonchev–Trinajstić information content (AvgIpc) is 2.50. The summed E-state index contributed by atoms with van der Waals surface area (Å²) in [5.41, 5.74) is 4.40. The number of aryl methyl sites for hydroxylation is 3. The molecule has 0 saturated heterocycles. The highest BCUT2D eigenvalue weighted by Crippen LogP contribution is 2.25. The fraction of sp³-hybridized carbons (Fsp3) is 0.333. The van der Waals surface area contributed by atoms with Crippen LogP contribution < -0.4 is 0 Å². The van der Waals surface area contributed by atoms with Crippen molar-refractivity contribution in [1.82, 2.24) is 4.98 Å². The van der Waals surface area contributed by atoms with Crippen LogP contribution in [0.25, 0.3) is 0 Å². The third kappa shape index (κ3) is 4.78. The minimum absolute atomic E-state index is 0.935. The van der Waals surface area contributed by atoms with Gasteiger partial charge in [0.1, 0.15) is 0 Å². The van der Waals surface area contributed by atoms with Crippen LogP contribution in [0.5, 0.6) is 0 Å². The summed E-state index contributed by atoms with van der Waals surface area (Å²) in [6.45, 7) is 4.18. The summed E-state index contributed by atoms with van der Waals surface area (Å²) in [5, 5.41) is 0. The topological polar surface area (TPSA) is 25.2 Å². The van der Waals surface area contributed by atoms with Crippen molar-refractivity contribution in [2.75, 3.05) is 0 Å². The van der Waals surface area contributed by atoms with E-state index >= 15 is 0 Å². The van der Waals surface area contributed by atoms with E-state index in [2.05, 4.69) is 58.2 Å². The maximum Gasteiger partial charge on any atom is 0.0849 e. The number of benzene rings is 1. The largest absolute Gasteiger partial charge is 0.259 e. The van der Waals surface area contributed by atoms with Crippen LogP contribution in [0, 0.1) is 6.92 Å². The highest BCUT2D eigenvalue weighted by Gasteiger charge is 2.07. The zero-order valence-electron chi connectivity index (χ0n) is 12.6. The van der Waals surface area contributed by atoms with E-state index < -0.39 is 0 Å². The Bertz CT molecular complexity index is 606. The first kappa shape index (κ1) is 15.9. The first-order valence-electron chi connectivity index (χ1n) is 7.43. The SMILES string of the molecule is CCC/C=N/c1cc(Br)c(CCc2ccccc2)nc1C. The monoisotopic (exact) mass is 344 g/mol. The normalized spacial score (nSPS) is 11.2. The Balaban J connectivity index is 2.09. The van der Waals surface area contributed by atoms with Gasteiger partial charge in [-0.2, -0.15) is 0 Å². The minimum atomic E-state index is 0.935. The fourth-order valence-electron chi connectivity index (χ4n) is 2.13. The van der Waals surface area contributed by atoms with Crippen LogP contribution in [0.3, 0.4) is 0 Å². The number of hydrogen-bond donors (Lipinski definition) is 0. The van der Waals surface area contributed by atoms with Gasteiger partial charge < -0.3 is 0 Å². The molecule has 0 aliphatic rings. The molecule has 110 valence electrons. The molecule has 0 amide bonds. The summed E-state index contributed by atoms with van der Waals surface area (Å²) in [5.74, 6) is 0. The summed E-state index contributed by atoms with van der Waals surface area (Å²) >= 11 is 3.63. The summed E-state index contributed by atoms with van der Waals surface area (Å²) in [6, 6.07) is 12.6. The van der Waals surface area contributed by atoms with Crippen molar-refractivity contribution in [1.29, 1.82) is 0 Å². The van der Waals surface area contributed by atoms with Gasteiger partial charge in [0.2, 0.25) is 0 Å². The smallest absolute Gasteiger partial charge is 0.0849 e. The lowest BCUT2D eigenvalue weighted by Gasteiger charge is -2.08. The Labute approximate surface area is 135 Å². The number of rotatable bonds is 6. The van der Waals surface area contributed by atoms with E-state index in [1.54, 1.807) is 0 Å². The molecule has 0 unspecified atom stereocenters. The molecule has 2 rings (SSSR count). The summed E-state index contributed by atoms with van der Waals surface area (Å²) in [7, 11) is 0. The maximum absolute atomic E-state index is 4.71. The van der Waals surface area contributed by atoms with E-state index in [9.17, 15) is 0 Å². The van der Waals surface area contributed by atoms with Crippen molar-refractivity contribution >= 4 is 27.8 Å². The fourth-order valence-corrected chi connectivity index (χ4v) is 2.63. The molecule has 3 heteroatoms. The molecule has 0 aliphatic carbocycles. The standard InChI is InChI=1S/C18H21BrN2/c1-3-4-12-20-18-13-16(19)17(21-14(18)2)11-10-15-8-6-5-7-9-15/h5-9,12-13H,3-4,10-11H2,1-2H3/b20-12+. The maximum atomic E-state index is 4.71. The van der Waals surface area contributed by atoms with Gasteiger partial charge in [-0.25, -0.2) is 0 Å². The lowest BCUT2D eigenvalue weighted by molar-refractivity contribution is 0.895. The molecule has 0 saturated carbocycles. The van der Waals surface area contributed by atoms with Crippen LogP contribution >= 0.6 is 15.9 Å². The summed E-state index contributed by atoms with van der Waals surface area (Å²) < 4.78 is 1.05. The number of hydrogen-bond acceptors (Lipinski definition) is 2. The number of unbranched alkanes of at least 4 members (excludes halogenated alkanes) is 1. The predicted octanol–water partition coefficient (Wildman–Crippen LogP) is 5.44. The van der Waals surface area contributed by atoms with Gasteiger partial charge in [-0.05, 0) is 53.7 Å². The van der Waals surface area contributed by atoms with Crippen molar-refractivity contribution in [3.05, 3.63) is 57.8 Å². The van der Waals surface area contributed by atoms with Gasteiger partial charge in [0.15, 0.2) is 0 Å². The second-order valence-electron chi connectivity index (χ2n) is 5.11. The predicted molar refractivity (Wildman–Crippen MR) is 93.6 cm³/mol. The van der Waals surface area contributed by atoms with E-state index in [4.69, 9.17) is 4.98 Å². The van der Waals surface area contributed by atoms with Gasteiger partial charge in [-0.3, -0.25) is 9.98 Å². The highest BCUT2D eigenvalue weighted by molar-refractivity contribution is 9.10. The lowest BCUT2D eigenvalue weighted by atomic mass is 10.1. The van der Waals surface area contributed by atoms with Crippen molar-refractivity contribution in [2.24, 2.45) is 4.99 Å². The molecule has 2 nitrogen and oxygen atoms in total. The van der Waals surface area contributed by atoms with E-state index in [0.29, 0.717) is 0 Å². The van der Waals surface area contributed by atoms with Crippen LogP contribution in [0.1, 0.15) is 36.7 Å². The van der Waals surface area contributed by atoms with Gasteiger partial charge >= 0.3 is 0 Å². The third-order valence-corrected chi connectivity index (χ3v) is 4.04. The zero-order chi connectivity index (χ0) is 15.1. The summed E-state index contributed by atoms with van der Waals surface area (Å²) in [6.07, 6.45) is 6.04. The van der Waals surface area contributed by atoms with Crippen molar-refractivity contribution in [2.45, 2.75) is 39.5 Å². The molecule has 1 heterocycles. The molecule has 21 heavy (non-hydrogen) atoms. The van der Waals surface area contributed by atoms with Gasteiger partial charge in [0.25, 0.3) is 0 Å². The molecular formula is C18H21BrN2. The van der Waals surface area contributed by atoms with Gasteiger partial charge in [0.05, 0.1) is 17.1 Å². The minimum Gasteiger partial charge on any atom is -0.259 e. The molecule has 1 aromatic carbocycles. The van der Waals surface area contributed by atoms with Crippen LogP contribution in [0.4, 0.5) is 5.69 Å². The van der Waals surface area contributed by atoms with E-state index in [1.165, 1.54) is 5.56 Å². The number of aromatic nitrogens is 1. The first-order chi connectivity index (χ1) is 10.2. The quantitative estimate of drug-likeness (QED) is 0.640. The Hall–Kier alpha value is -1.48. The molecular weight excluding hydrogens is 324 g/mol. The molecule has 0 spiro atoms. The molecule has 0 atom stereocenters. The second-order valence-corrected chi connectivity index (χ2v) is 5.96. The Morgan fingerprint density at radius 1 is 1.19 bits per heavy atom. The van der Waals surface area contributed by atoms with E-state index in [1.807, 2.05) is 19.2 Å². The highest BCUT2D eigenvalue weighted by atomic mass is 79.9. The lowest BCUT2D eigenvalue weighted by Crippen LogP contribution is -1.98. The number of pyridine rings is 1. The Kier molecular flexibility index (Phi) is 6.12. The number of halogens is 1. The molecule has 0 bridgehead atoms. The Morgan fingerprint density at radius 2 is 1.95 bits per heavy atom. The van der Waals surface area contributed by atoms with Gasteiger partial charge in [-0.1, -0.05) is 43.7 Å². The van der Waals surface area contributed by atoms with Crippen LogP contribution in [0.2, 0.25) is 0 Å². The Morgan fingerprint density at radius 3 is 2.67 bits per heavy atom. The zero-order valence-corrected chi connectivity index (χ0v) is 14.2. The van der Waals surface area contributed by atoms with Crippen LogP contribution in [-0.4, -0.2) is 11.2 Å². The number of nitrogens with zero attached hydrogens (tertiary/aromatic N) is 2. The van der Waals surface area contributed by atoms with E-state index in [0.717, 1.165) is 47.2 Å². The molecule has 0 N–H and O–H groups in total. The first-order valence-corrected chi connectivity index (χ1v) is 8.22. The molecule has 0 fully saturated rings. The number of aliphatic imine (C=N–C) groups is 1. The van der Waals surface area contributed by atoms with Crippen molar-refractivity contribution in [3.63, 3.8) is 0 Å². The van der Waals surface area contributed by atoms with E-state index in [-0.39, 0.29) is 0 Å². The molecule has 2 aromatic rings. The second kappa shape index (κ2) is 8.08. The molecule has 0 aliphatic heterocycles. The molecule has 1 aromatic heterocycles. The van der Waals surface area contributed by atoms with Crippen molar-refractivity contribution < 1.29 is 0 Å². The van der Waals surface area contributed by atoms with Crippen LogP contribution in [0.15, 0.2) is 45.9 Å². The molecule has 0 radical (unpaired) electrons. The third-order valence-electron chi connectivity index (χ3n) is 3.35. The van der Waals surface area contributed by atoms with Gasteiger partial charge in [0, 0.05) is 10.7 Å². The van der Waals surface area contributed by atoms with Crippen LogP contribution in [-0.2, 0) is 12.8 Å².